The van der Waals surface area contributed by atoms with Crippen molar-refractivity contribution in [3.8, 4) is 5.75 Å². The molecule has 0 aliphatic heterocycles. The number of nitrogens with zero attached hydrogens (tertiary/aromatic N) is 1. The predicted octanol–water partition coefficient (Wildman–Crippen LogP) is 2.33. The van der Waals surface area contributed by atoms with Crippen LogP contribution in [0, 0.1) is 0 Å². The number of hydrogen-bond donors (Lipinski definition) is 0. The molecular weight excluding hydrogens is 235 g/mol. The van der Waals surface area contributed by atoms with Crippen molar-refractivity contribution in [1.29, 1.82) is 0 Å². The number of alkyl halides is 3. The van der Waals surface area contributed by atoms with Crippen molar-refractivity contribution in [2.24, 2.45) is 0 Å². The summed E-state index contributed by atoms with van der Waals surface area (Å²) in [5.41, 5.74) is 0.398. The summed E-state index contributed by atoms with van der Waals surface area (Å²) in [7, 11) is 3.19. The molecule has 0 unspecified atom stereocenters. The van der Waals surface area contributed by atoms with Gasteiger partial charge in [-0.3, -0.25) is 4.79 Å². The summed E-state index contributed by atoms with van der Waals surface area (Å²) < 4.78 is 40.1. The van der Waals surface area contributed by atoms with E-state index < -0.39 is 12.8 Å². The topological polar surface area (TPSA) is 29.5 Å². The van der Waals surface area contributed by atoms with E-state index in [9.17, 15) is 18.0 Å². The standard InChI is InChI=1S/C11H12F3NO2/c1-15(2)10(16)8-3-5-9(6-4-8)17-7-11(12,13)14/h3-6H,7H2,1-2H3. The SMILES string of the molecule is CN(C)C(=O)c1ccc(OCC(F)(F)F)cc1. The number of benzene rings is 1. The highest BCUT2D eigenvalue weighted by molar-refractivity contribution is 5.93. The molecule has 0 aromatic heterocycles. The van der Waals surface area contributed by atoms with E-state index in [0.29, 0.717) is 5.56 Å². The second-order valence-electron chi connectivity index (χ2n) is 3.63. The molecule has 3 nitrogen and oxygen atoms in total. The first kappa shape index (κ1) is 13.3. The molecule has 1 aromatic carbocycles. The number of hydrogen-bond acceptors (Lipinski definition) is 2. The quantitative estimate of drug-likeness (QED) is 0.820. The average molecular weight is 247 g/mol. The van der Waals surface area contributed by atoms with E-state index in [2.05, 4.69) is 4.74 Å². The zero-order valence-corrected chi connectivity index (χ0v) is 9.41. The third-order valence-corrected chi connectivity index (χ3v) is 1.91. The van der Waals surface area contributed by atoms with E-state index in [-0.39, 0.29) is 11.7 Å². The molecule has 0 aliphatic rings. The number of amides is 1. The van der Waals surface area contributed by atoms with Crippen LogP contribution in [-0.4, -0.2) is 37.7 Å². The van der Waals surface area contributed by atoms with E-state index in [1.54, 1.807) is 14.1 Å². The molecule has 0 bridgehead atoms. The number of ether oxygens (including phenoxy) is 1. The second-order valence-corrected chi connectivity index (χ2v) is 3.63. The molecule has 0 N–H and O–H groups in total. The Morgan fingerprint density at radius 2 is 1.76 bits per heavy atom. The second kappa shape index (κ2) is 5.07. The minimum absolute atomic E-state index is 0.0811. The minimum atomic E-state index is -4.36. The molecule has 0 heterocycles. The smallest absolute Gasteiger partial charge is 0.422 e. The molecule has 94 valence electrons. The summed E-state index contributed by atoms with van der Waals surface area (Å²) in [4.78, 5) is 12.9. The van der Waals surface area contributed by atoms with Crippen molar-refractivity contribution in [2.75, 3.05) is 20.7 Å². The predicted molar refractivity (Wildman–Crippen MR) is 56.0 cm³/mol. The van der Waals surface area contributed by atoms with Gasteiger partial charge in [-0.2, -0.15) is 13.2 Å². The third kappa shape index (κ3) is 4.34. The van der Waals surface area contributed by atoms with Gasteiger partial charge in [0.25, 0.3) is 5.91 Å². The number of carbonyl (C=O) groups is 1. The number of carbonyl (C=O) groups excluding carboxylic acids is 1. The maximum atomic E-state index is 11.9. The Kier molecular flexibility index (Phi) is 3.98. The summed E-state index contributed by atoms with van der Waals surface area (Å²) in [6, 6.07) is 5.52. The Morgan fingerprint density at radius 1 is 1.24 bits per heavy atom. The van der Waals surface area contributed by atoms with Crippen molar-refractivity contribution in [3.05, 3.63) is 29.8 Å². The Hall–Kier alpha value is -1.72. The van der Waals surface area contributed by atoms with Crippen molar-refractivity contribution in [1.82, 2.24) is 4.90 Å². The summed E-state index contributed by atoms with van der Waals surface area (Å²) in [5, 5.41) is 0. The molecule has 0 saturated heterocycles. The normalized spacial score (nSPS) is 11.1. The molecule has 0 radical (unpaired) electrons. The molecule has 0 fully saturated rings. The van der Waals surface area contributed by atoms with Crippen LogP contribution >= 0.6 is 0 Å². The van der Waals surface area contributed by atoms with Gasteiger partial charge in [-0.1, -0.05) is 0 Å². The lowest BCUT2D eigenvalue weighted by molar-refractivity contribution is -0.153. The van der Waals surface area contributed by atoms with Gasteiger partial charge in [0, 0.05) is 19.7 Å². The molecule has 6 heteroatoms. The molecule has 0 spiro atoms. The molecule has 0 saturated carbocycles. The summed E-state index contributed by atoms with van der Waals surface area (Å²) in [5.74, 6) is -0.134. The van der Waals surface area contributed by atoms with Gasteiger partial charge in [-0.25, -0.2) is 0 Å². The maximum Gasteiger partial charge on any atom is 0.422 e. The zero-order valence-electron chi connectivity index (χ0n) is 9.41. The summed E-state index contributed by atoms with van der Waals surface area (Å²) in [6.07, 6.45) is -4.36. The Bertz CT molecular complexity index is 385. The van der Waals surface area contributed by atoms with Crippen molar-refractivity contribution < 1.29 is 22.7 Å². The highest BCUT2D eigenvalue weighted by Crippen LogP contribution is 2.19. The van der Waals surface area contributed by atoms with Crippen LogP contribution in [0.5, 0.6) is 5.75 Å². The average Bonchev–Trinajstić information content (AvgIpc) is 2.25. The monoisotopic (exact) mass is 247 g/mol. The van der Waals surface area contributed by atoms with E-state index in [1.165, 1.54) is 29.2 Å². The molecule has 0 aliphatic carbocycles. The maximum absolute atomic E-state index is 11.9. The Morgan fingerprint density at radius 3 is 2.18 bits per heavy atom. The van der Waals surface area contributed by atoms with Gasteiger partial charge < -0.3 is 9.64 Å². The molecular formula is C11H12F3NO2. The summed E-state index contributed by atoms with van der Waals surface area (Å²) >= 11 is 0. The number of halogens is 3. The van der Waals surface area contributed by atoms with Crippen LogP contribution in [0.2, 0.25) is 0 Å². The van der Waals surface area contributed by atoms with E-state index in [1.807, 2.05) is 0 Å². The molecule has 17 heavy (non-hydrogen) atoms. The van der Waals surface area contributed by atoms with E-state index in [4.69, 9.17) is 0 Å². The van der Waals surface area contributed by atoms with Crippen LogP contribution in [0.25, 0.3) is 0 Å². The van der Waals surface area contributed by atoms with Gasteiger partial charge in [0.15, 0.2) is 6.61 Å². The minimum Gasteiger partial charge on any atom is -0.484 e. The number of rotatable bonds is 3. The lowest BCUT2D eigenvalue weighted by atomic mass is 10.2. The first-order valence-electron chi connectivity index (χ1n) is 4.81. The highest BCUT2D eigenvalue weighted by atomic mass is 19.4. The van der Waals surface area contributed by atoms with Crippen LogP contribution in [-0.2, 0) is 0 Å². The van der Waals surface area contributed by atoms with Crippen molar-refractivity contribution in [2.45, 2.75) is 6.18 Å². The Balaban J connectivity index is 2.66. The third-order valence-electron chi connectivity index (χ3n) is 1.91. The summed E-state index contributed by atoms with van der Waals surface area (Å²) in [6.45, 7) is -1.34. The van der Waals surface area contributed by atoms with Crippen LogP contribution in [0.1, 0.15) is 10.4 Å². The lowest BCUT2D eigenvalue weighted by Crippen LogP contribution is -2.21. The fourth-order valence-electron chi connectivity index (χ4n) is 1.12. The highest BCUT2D eigenvalue weighted by Gasteiger charge is 2.28. The van der Waals surface area contributed by atoms with Gasteiger partial charge in [0.2, 0.25) is 0 Å². The fraction of sp³-hybridized carbons (Fsp3) is 0.364. The lowest BCUT2D eigenvalue weighted by Gasteiger charge is -2.11. The van der Waals surface area contributed by atoms with Crippen molar-refractivity contribution in [3.63, 3.8) is 0 Å². The molecule has 1 aromatic rings. The van der Waals surface area contributed by atoms with Gasteiger partial charge in [0.05, 0.1) is 0 Å². The van der Waals surface area contributed by atoms with Gasteiger partial charge >= 0.3 is 6.18 Å². The van der Waals surface area contributed by atoms with Crippen LogP contribution in [0.3, 0.4) is 0 Å². The fourth-order valence-corrected chi connectivity index (χ4v) is 1.12. The van der Waals surface area contributed by atoms with Crippen LogP contribution < -0.4 is 4.74 Å². The first-order chi connectivity index (χ1) is 7.79. The van der Waals surface area contributed by atoms with E-state index in [0.717, 1.165) is 0 Å². The van der Waals surface area contributed by atoms with Gasteiger partial charge in [-0.05, 0) is 24.3 Å². The van der Waals surface area contributed by atoms with Crippen LogP contribution in [0.4, 0.5) is 13.2 Å². The molecule has 1 amide bonds. The van der Waals surface area contributed by atoms with Crippen molar-refractivity contribution >= 4 is 5.91 Å². The largest absolute Gasteiger partial charge is 0.484 e. The Labute approximate surface area is 96.8 Å². The van der Waals surface area contributed by atoms with Crippen LogP contribution in [0.15, 0.2) is 24.3 Å². The molecule has 0 atom stereocenters. The van der Waals surface area contributed by atoms with E-state index >= 15 is 0 Å². The molecule has 1 rings (SSSR count). The van der Waals surface area contributed by atoms with Gasteiger partial charge in [-0.15, -0.1) is 0 Å². The zero-order chi connectivity index (χ0) is 13.1. The first-order valence-corrected chi connectivity index (χ1v) is 4.81. The van der Waals surface area contributed by atoms with Gasteiger partial charge in [0.1, 0.15) is 5.75 Å².